The number of nitrogens with two attached hydrogens (primary N) is 1. The summed E-state index contributed by atoms with van der Waals surface area (Å²) in [6.45, 7) is 5.21. The molecule has 0 fully saturated rings. The number of terminal acetylenes is 1. The van der Waals surface area contributed by atoms with Gasteiger partial charge in [-0.05, 0) is 26.0 Å². The van der Waals surface area contributed by atoms with Crippen LogP contribution in [0.1, 0.15) is 24.6 Å². The van der Waals surface area contributed by atoms with Gasteiger partial charge in [0, 0.05) is 35.3 Å². The van der Waals surface area contributed by atoms with Gasteiger partial charge in [-0.1, -0.05) is 18.2 Å². The van der Waals surface area contributed by atoms with Crippen molar-refractivity contribution in [2.45, 2.75) is 26.8 Å². The van der Waals surface area contributed by atoms with E-state index in [1.54, 1.807) is 0 Å². The van der Waals surface area contributed by atoms with E-state index in [2.05, 4.69) is 36.5 Å². The molecule has 18 heavy (non-hydrogen) atoms. The van der Waals surface area contributed by atoms with Gasteiger partial charge in [-0.15, -0.1) is 12.3 Å². The molecular formula is C16H18N2. The lowest BCUT2D eigenvalue weighted by Crippen LogP contribution is -1.96. The van der Waals surface area contributed by atoms with Crippen molar-refractivity contribution in [3.05, 3.63) is 35.5 Å². The number of nitrogens with zero attached hydrogens (tertiary/aromatic N) is 1. The number of nitrogen functional groups attached to an aromatic ring is 1. The maximum atomic E-state index is 6.11. The Balaban J connectivity index is 2.72. The van der Waals surface area contributed by atoms with Crippen LogP contribution in [0.2, 0.25) is 0 Å². The Morgan fingerprint density at radius 1 is 1.44 bits per heavy atom. The van der Waals surface area contributed by atoms with Crippen LogP contribution in [0, 0.1) is 19.3 Å². The minimum Gasteiger partial charge on any atom is -0.398 e. The van der Waals surface area contributed by atoms with E-state index in [-0.39, 0.29) is 0 Å². The van der Waals surface area contributed by atoms with E-state index in [1.165, 1.54) is 16.8 Å². The fourth-order valence-corrected chi connectivity index (χ4v) is 2.44. The Bertz CT molecular complexity index is 639. The van der Waals surface area contributed by atoms with Crippen LogP contribution < -0.4 is 5.73 Å². The average Bonchev–Trinajstić information content (AvgIpc) is 2.63. The summed E-state index contributed by atoms with van der Waals surface area (Å²) >= 11 is 0. The van der Waals surface area contributed by atoms with Crippen molar-refractivity contribution < 1.29 is 0 Å². The summed E-state index contributed by atoms with van der Waals surface area (Å²) in [5.41, 5.74) is 10.5. The molecular weight excluding hydrogens is 220 g/mol. The Morgan fingerprint density at radius 3 is 2.89 bits per heavy atom. The first-order chi connectivity index (χ1) is 8.70. The normalized spacial score (nSPS) is 11.2. The first-order valence-electron chi connectivity index (χ1n) is 6.18. The standard InChI is InChI=1S/C16H18N2/c1-4-6-7-9-13-12(3)18(5-2)15-11-8-10-14(17)16(13)15/h1,7-11H,5-6,17H2,2-3H3/b9-7-. The number of rotatable bonds is 3. The molecule has 0 spiro atoms. The Hall–Kier alpha value is -2.14. The molecule has 2 rings (SSSR count). The molecule has 0 saturated heterocycles. The fourth-order valence-electron chi connectivity index (χ4n) is 2.44. The number of hydrogen-bond donors (Lipinski definition) is 1. The lowest BCUT2D eigenvalue weighted by atomic mass is 10.1. The third-order valence-corrected chi connectivity index (χ3v) is 3.27. The Kier molecular flexibility index (Phi) is 3.43. The number of aromatic nitrogens is 1. The lowest BCUT2D eigenvalue weighted by molar-refractivity contribution is 0.769. The zero-order valence-corrected chi connectivity index (χ0v) is 10.9. The molecule has 2 N–H and O–H groups in total. The quantitative estimate of drug-likeness (QED) is 0.643. The molecule has 0 amide bonds. The molecule has 0 radical (unpaired) electrons. The van der Waals surface area contributed by atoms with Crippen LogP contribution in [0.3, 0.4) is 0 Å². The van der Waals surface area contributed by atoms with E-state index >= 15 is 0 Å². The number of anilines is 1. The van der Waals surface area contributed by atoms with Gasteiger partial charge < -0.3 is 10.3 Å². The number of fused-ring (bicyclic) bond motifs is 1. The summed E-state index contributed by atoms with van der Waals surface area (Å²) in [6, 6.07) is 6.05. The second kappa shape index (κ2) is 5.01. The largest absolute Gasteiger partial charge is 0.398 e. The molecule has 0 aliphatic heterocycles. The predicted octanol–water partition coefficient (Wildman–Crippen LogP) is 3.59. The SMILES string of the molecule is C#CC/C=C\c1c(C)n(CC)c2cccc(N)c12. The maximum absolute atomic E-state index is 6.11. The summed E-state index contributed by atoms with van der Waals surface area (Å²) in [5.74, 6) is 2.62. The predicted molar refractivity (Wildman–Crippen MR) is 79.2 cm³/mol. The van der Waals surface area contributed by atoms with E-state index < -0.39 is 0 Å². The van der Waals surface area contributed by atoms with Gasteiger partial charge in [0.2, 0.25) is 0 Å². The minimum absolute atomic E-state index is 0.644. The average molecular weight is 238 g/mol. The molecule has 0 aliphatic carbocycles. The smallest absolute Gasteiger partial charge is 0.0509 e. The van der Waals surface area contributed by atoms with E-state index in [0.717, 1.165) is 17.6 Å². The third kappa shape index (κ3) is 1.89. The topological polar surface area (TPSA) is 30.9 Å². The van der Waals surface area contributed by atoms with Gasteiger partial charge in [-0.25, -0.2) is 0 Å². The number of allylic oxidation sites excluding steroid dienone is 1. The van der Waals surface area contributed by atoms with Crippen LogP contribution in [-0.4, -0.2) is 4.57 Å². The highest BCUT2D eigenvalue weighted by Gasteiger charge is 2.12. The van der Waals surface area contributed by atoms with Crippen molar-refractivity contribution in [1.29, 1.82) is 0 Å². The van der Waals surface area contributed by atoms with Gasteiger partial charge in [-0.3, -0.25) is 0 Å². The van der Waals surface area contributed by atoms with Crippen molar-refractivity contribution in [1.82, 2.24) is 4.57 Å². The molecule has 1 aromatic heterocycles. The zero-order valence-electron chi connectivity index (χ0n) is 10.9. The van der Waals surface area contributed by atoms with E-state index in [0.29, 0.717) is 6.42 Å². The second-order valence-corrected chi connectivity index (χ2v) is 4.30. The van der Waals surface area contributed by atoms with Crippen LogP contribution in [0.5, 0.6) is 0 Å². The molecule has 2 heteroatoms. The van der Waals surface area contributed by atoms with Crippen molar-refractivity contribution in [3.8, 4) is 12.3 Å². The Morgan fingerprint density at radius 2 is 2.22 bits per heavy atom. The maximum Gasteiger partial charge on any atom is 0.0509 e. The van der Waals surface area contributed by atoms with Crippen molar-refractivity contribution in [2.75, 3.05) is 5.73 Å². The summed E-state index contributed by atoms with van der Waals surface area (Å²) in [7, 11) is 0. The van der Waals surface area contributed by atoms with Gasteiger partial charge in [0.15, 0.2) is 0 Å². The molecule has 2 aromatic rings. The minimum atomic E-state index is 0.644. The van der Waals surface area contributed by atoms with E-state index in [4.69, 9.17) is 12.2 Å². The first-order valence-corrected chi connectivity index (χ1v) is 6.18. The molecule has 92 valence electrons. The number of aryl methyl sites for hydroxylation is 1. The molecule has 0 bridgehead atoms. The highest BCUT2D eigenvalue weighted by Crippen LogP contribution is 2.31. The molecule has 2 nitrogen and oxygen atoms in total. The number of benzene rings is 1. The highest BCUT2D eigenvalue weighted by molar-refractivity contribution is 5.99. The molecule has 0 aliphatic rings. The molecule has 0 atom stereocenters. The van der Waals surface area contributed by atoms with Gasteiger partial charge in [0.1, 0.15) is 0 Å². The van der Waals surface area contributed by atoms with Crippen LogP contribution in [-0.2, 0) is 6.54 Å². The summed E-state index contributed by atoms with van der Waals surface area (Å²) < 4.78 is 2.28. The summed E-state index contributed by atoms with van der Waals surface area (Å²) in [5, 5.41) is 1.13. The van der Waals surface area contributed by atoms with Gasteiger partial charge in [0.05, 0.1) is 5.52 Å². The van der Waals surface area contributed by atoms with Crippen LogP contribution in [0.25, 0.3) is 17.0 Å². The zero-order chi connectivity index (χ0) is 13.1. The second-order valence-electron chi connectivity index (χ2n) is 4.30. The third-order valence-electron chi connectivity index (χ3n) is 3.27. The monoisotopic (exact) mass is 238 g/mol. The Labute approximate surface area is 108 Å². The van der Waals surface area contributed by atoms with Gasteiger partial charge in [-0.2, -0.15) is 0 Å². The summed E-state index contributed by atoms with van der Waals surface area (Å²) in [6.07, 6.45) is 10.0. The van der Waals surface area contributed by atoms with Crippen LogP contribution >= 0.6 is 0 Å². The van der Waals surface area contributed by atoms with Crippen LogP contribution in [0.15, 0.2) is 24.3 Å². The highest BCUT2D eigenvalue weighted by atomic mass is 15.0. The van der Waals surface area contributed by atoms with E-state index in [9.17, 15) is 0 Å². The fraction of sp³-hybridized carbons (Fsp3) is 0.250. The summed E-state index contributed by atoms with van der Waals surface area (Å²) in [4.78, 5) is 0. The van der Waals surface area contributed by atoms with Crippen molar-refractivity contribution in [3.63, 3.8) is 0 Å². The molecule has 0 unspecified atom stereocenters. The van der Waals surface area contributed by atoms with Crippen LogP contribution in [0.4, 0.5) is 5.69 Å². The van der Waals surface area contributed by atoms with Crippen molar-refractivity contribution in [2.24, 2.45) is 0 Å². The number of hydrogen-bond acceptors (Lipinski definition) is 1. The van der Waals surface area contributed by atoms with Crippen molar-refractivity contribution >= 4 is 22.7 Å². The lowest BCUT2D eigenvalue weighted by Gasteiger charge is -2.03. The van der Waals surface area contributed by atoms with Gasteiger partial charge in [0.25, 0.3) is 0 Å². The van der Waals surface area contributed by atoms with E-state index in [1.807, 2.05) is 18.2 Å². The van der Waals surface area contributed by atoms with Gasteiger partial charge >= 0.3 is 0 Å². The molecule has 1 heterocycles. The molecule has 1 aromatic carbocycles. The first kappa shape index (κ1) is 12.3. The molecule has 0 saturated carbocycles.